The summed E-state index contributed by atoms with van der Waals surface area (Å²) in [5.41, 5.74) is 2.95. The van der Waals surface area contributed by atoms with Gasteiger partial charge in [-0.3, -0.25) is 4.99 Å². The summed E-state index contributed by atoms with van der Waals surface area (Å²) in [4.78, 5) is 14.9. The predicted molar refractivity (Wildman–Crippen MR) is 57.6 cm³/mol. The third-order valence-electron chi connectivity index (χ3n) is 2.34. The maximum absolute atomic E-state index is 10.5. The Labute approximate surface area is 87.6 Å². The van der Waals surface area contributed by atoms with Crippen LogP contribution in [0.5, 0.6) is 0 Å². The number of aryl methyl sites for hydroxylation is 1. The van der Waals surface area contributed by atoms with Gasteiger partial charge in [-0.1, -0.05) is 18.2 Å². The fourth-order valence-electron chi connectivity index (χ4n) is 1.58. The standard InChI is InChI=1S/C11H10ClNO/c12-9(7-14)11-6-5-8-3-1-2-4-10(8)13-11/h1-4,7,9H,5-6H2. The Morgan fingerprint density at radius 2 is 2.14 bits per heavy atom. The lowest BCUT2D eigenvalue weighted by Crippen LogP contribution is -2.18. The van der Waals surface area contributed by atoms with Crippen molar-refractivity contribution in [3.63, 3.8) is 0 Å². The van der Waals surface area contributed by atoms with Crippen molar-refractivity contribution in [1.82, 2.24) is 0 Å². The smallest absolute Gasteiger partial charge is 0.143 e. The molecule has 1 unspecified atom stereocenters. The van der Waals surface area contributed by atoms with Gasteiger partial charge in [0.2, 0.25) is 0 Å². The quantitative estimate of drug-likeness (QED) is 0.541. The van der Waals surface area contributed by atoms with Gasteiger partial charge in [0.05, 0.1) is 5.69 Å². The van der Waals surface area contributed by atoms with Crippen molar-refractivity contribution in [1.29, 1.82) is 0 Å². The first-order chi connectivity index (χ1) is 6.81. The molecule has 1 heterocycles. The van der Waals surface area contributed by atoms with Gasteiger partial charge in [-0.2, -0.15) is 0 Å². The van der Waals surface area contributed by atoms with Crippen molar-refractivity contribution in [2.45, 2.75) is 18.2 Å². The molecule has 3 heteroatoms. The average Bonchev–Trinajstić information content (AvgIpc) is 2.27. The normalized spacial score (nSPS) is 16.8. The summed E-state index contributed by atoms with van der Waals surface area (Å²) in [6.07, 6.45) is 2.43. The Hall–Kier alpha value is -1.15. The van der Waals surface area contributed by atoms with E-state index in [0.29, 0.717) is 0 Å². The molecular weight excluding hydrogens is 198 g/mol. The molecule has 0 amide bonds. The van der Waals surface area contributed by atoms with Crippen molar-refractivity contribution in [3.05, 3.63) is 29.8 Å². The fraction of sp³-hybridized carbons (Fsp3) is 0.273. The molecule has 0 aromatic heterocycles. The minimum atomic E-state index is -0.566. The lowest BCUT2D eigenvalue weighted by Gasteiger charge is -2.15. The minimum absolute atomic E-state index is 0.566. The van der Waals surface area contributed by atoms with E-state index in [1.54, 1.807) is 0 Å². The monoisotopic (exact) mass is 207 g/mol. The van der Waals surface area contributed by atoms with Crippen LogP contribution < -0.4 is 0 Å². The molecule has 0 bridgehead atoms. The van der Waals surface area contributed by atoms with Crippen LogP contribution in [0.1, 0.15) is 12.0 Å². The van der Waals surface area contributed by atoms with Crippen molar-refractivity contribution < 1.29 is 4.79 Å². The van der Waals surface area contributed by atoms with Crippen molar-refractivity contribution in [3.8, 4) is 0 Å². The average molecular weight is 208 g/mol. The molecule has 1 aliphatic heterocycles. The van der Waals surface area contributed by atoms with E-state index in [4.69, 9.17) is 11.6 Å². The molecule has 1 aromatic carbocycles. The Kier molecular flexibility index (Phi) is 2.64. The summed E-state index contributed by atoms with van der Waals surface area (Å²) < 4.78 is 0. The highest BCUT2D eigenvalue weighted by atomic mass is 35.5. The number of benzene rings is 1. The molecule has 0 aliphatic carbocycles. The first-order valence-electron chi connectivity index (χ1n) is 4.56. The molecule has 0 fully saturated rings. The van der Waals surface area contributed by atoms with Gasteiger partial charge < -0.3 is 4.79 Å². The highest BCUT2D eigenvalue weighted by molar-refractivity contribution is 6.40. The largest absolute Gasteiger partial charge is 0.301 e. The van der Waals surface area contributed by atoms with E-state index in [2.05, 4.69) is 11.1 Å². The third kappa shape index (κ3) is 1.70. The Balaban J connectivity index is 2.35. The SMILES string of the molecule is O=CC(Cl)C1=Nc2ccccc2CC1. The molecule has 2 rings (SSSR count). The second kappa shape index (κ2) is 3.93. The summed E-state index contributed by atoms with van der Waals surface area (Å²) in [5.74, 6) is 0. The van der Waals surface area contributed by atoms with E-state index in [1.165, 1.54) is 5.56 Å². The van der Waals surface area contributed by atoms with Crippen LogP contribution in [0.25, 0.3) is 0 Å². The first-order valence-corrected chi connectivity index (χ1v) is 4.99. The van der Waals surface area contributed by atoms with Crippen molar-refractivity contribution in [2.24, 2.45) is 4.99 Å². The van der Waals surface area contributed by atoms with Crippen LogP contribution in [0.4, 0.5) is 5.69 Å². The molecule has 1 aliphatic rings. The van der Waals surface area contributed by atoms with E-state index in [-0.39, 0.29) is 0 Å². The molecule has 1 aromatic rings. The zero-order valence-electron chi connectivity index (χ0n) is 7.61. The number of carbonyl (C=O) groups excluding carboxylic acids is 1. The van der Waals surface area contributed by atoms with Gasteiger partial charge in [0.1, 0.15) is 11.7 Å². The number of para-hydroxylation sites is 1. The molecule has 2 nitrogen and oxygen atoms in total. The molecular formula is C11H10ClNO. The molecule has 0 N–H and O–H groups in total. The maximum Gasteiger partial charge on any atom is 0.143 e. The second-order valence-electron chi connectivity index (χ2n) is 3.27. The van der Waals surface area contributed by atoms with Gasteiger partial charge in [-0.25, -0.2) is 0 Å². The fourth-order valence-corrected chi connectivity index (χ4v) is 1.74. The number of nitrogens with zero attached hydrogens (tertiary/aromatic N) is 1. The third-order valence-corrected chi connectivity index (χ3v) is 2.70. The van der Waals surface area contributed by atoms with Crippen LogP contribution in [0.15, 0.2) is 29.3 Å². The van der Waals surface area contributed by atoms with E-state index in [1.807, 2.05) is 18.2 Å². The van der Waals surface area contributed by atoms with E-state index >= 15 is 0 Å². The number of fused-ring (bicyclic) bond motifs is 1. The molecule has 0 saturated carbocycles. The summed E-state index contributed by atoms with van der Waals surface area (Å²) in [6.45, 7) is 0. The summed E-state index contributed by atoms with van der Waals surface area (Å²) in [6, 6.07) is 7.94. The predicted octanol–water partition coefficient (Wildman–Crippen LogP) is 2.51. The topological polar surface area (TPSA) is 29.4 Å². The molecule has 0 radical (unpaired) electrons. The van der Waals surface area contributed by atoms with Gasteiger partial charge in [-0.15, -0.1) is 11.6 Å². The molecule has 0 spiro atoms. The van der Waals surface area contributed by atoms with E-state index < -0.39 is 5.38 Å². The van der Waals surface area contributed by atoms with Gasteiger partial charge >= 0.3 is 0 Å². The lowest BCUT2D eigenvalue weighted by atomic mass is 10.0. The number of hydrogen-bond donors (Lipinski definition) is 0. The number of alkyl halides is 1. The first kappa shape index (κ1) is 9.41. The van der Waals surface area contributed by atoms with Crippen molar-refractivity contribution >= 4 is 29.3 Å². The van der Waals surface area contributed by atoms with Crippen LogP contribution in [-0.4, -0.2) is 17.4 Å². The number of hydrogen-bond acceptors (Lipinski definition) is 2. The Morgan fingerprint density at radius 3 is 2.93 bits per heavy atom. The molecule has 14 heavy (non-hydrogen) atoms. The van der Waals surface area contributed by atoms with E-state index in [0.717, 1.165) is 30.5 Å². The number of halogens is 1. The summed E-state index contributed by atoms with van der Waals surface area (Å²) >= 11 is 5.81. The summed E-state index contributed by atoms with van der Waals surface area (Å²) in [7, 11) is 0. The number of carbonyl (C=O) groups is 1. The Bertz CT molecular complexity index is 387. The number of aliphatic imine (C=N–C) groups is 1. The molecule has 72 valence electrons. The van der Waals surface area contributed by atoms with E-state index in [9.17, 15) is 4.79 Å². The van der Waals surface area contributed by atoms with Gasteiger partial charge in [0.25, 0.3) is 0 Å². The van der Waals surface area contributed by atoms with Crippen LogP contribution in [-0.2, 0) is 11.2 Å². The van der Waals surface area contributed by atoms with Crippen LogP contribution >= 0.6 is 11.6 Å². The van der Waals surface area contributed by atoms with Crippen LogP contribution in [0.2, 0.25) is 0 Å². The lowest BCUT2D eigenvalue weighted by molar-refractivity contribution is -0.106. The zero-order valence-corrected chi connectivity index (χ0v) is 8.37. The van der Waals surface area contributed by atoms with Gasteiger partial charge in [0.15, 0.2) is 0 Å². The van der Waals surface area contributed by atoms with Crippen LogP contribution in [0, 0.1) is 0 Å². The van der Waals surface area contributed by atoms with Gasteiger partial charge in [-0.05, 0) is 24.5 Å². The number of rotatable bonds is 2. The highest BCUT2D eigenvalue weighted by Crippen LogP contribution is 2.26. The molecule has 1 atom stereocenters. The molecule has 0 saturated heterocycles. The highest BCUT2D eigenvalue weighted by Gasteiger charge is 2.17. The number of aldehydes is 1. The minimum Gasteiger partial charge on any atom is -0.301 e. The maximum atomic E-state index is 10.5. The Morgan fingerprint density at radius 1 is 1.36 bits per heavy atom. The second-order valence-corrected chi connectivity index (χ2v) is 3.74. The van der Waals surface area contributed by atoms with Crippen molar-refractivity contribution in [2.75, 3.05) is 0 Å². The summed E-state index contributed by atoms with van der Waals surface area (Å²) in [5, 5.41) is -0.566. The van der Waals surface area contributed by atoms with Crippen LogP contribution in [0.3, 0.4) is 0 Å². The zero-order chi connectivity index (χ0) is 9.97. The van der Waals surface area contributed by atoms with Gasteiger partial charge in [0, 0.05) is 5.71 Å².